The van der Waals surface area contributed by atoms with Gasteiger partial charge in [0.1, 0.15) is 12.3 Å². The van der Waals surface area contributed by atoms with Gasteiger partial charge in [0.2, 0.25) is 17.7 Å². The van der Waals surface area contributed by atoms with Crippen molar-refractivity contribution in [2.75, 3.05) is 18.1 Å². The zero-order valence-corrected chi connectivity index (χ0v) is 15.8. The Balaban J connectivity index is 2.16. The second kappa shape index (κ2) is 9.63. The minimum Gasteiger partial charge on any atom is -0.466 e. The van der Waals surface area contributed by atoms with Crippen molar-refractivity contribution in [3.05, 3.63) is 29.8 Å². The van der Waals surface area contributed by atoms with Gasteiger partial charge in [-0.05, 0) is 18.6 Å². The molecular weight excluding hydrogens is 366 g/mol. The average molecular weight is 389 g/mol. The molecule has 0 aromatic heterocycles. The highest BCUT2D eigenvalue weighted by atomic mass is 16.5. The average Bonchev–Trinajstić information content (AvgIpc) is 3.05. The molecule has 1 aliphatic rings. The molecule has 1 aliphatic heterocycles. The summed E-state index contributed by atoms with van der Waals surface area (Å²) in [5, 5.41) is 4.92. The standard InChI is InChI=1S/C19H23N3O6/c1-3-28-18(26)9-14(11-23)21-19(27)16-8-13-6-4-5-7-15(13)22(16)17(25)10-20-12(2)24/h4-7,11,14,16H,3,8-10H2,1-2H3,(H,20,24)(H,21,27)/t14?,16-/m0/s1. The number of nitrogens with one attached hydrogen (secondary N) is 2. The minimum absolute atomic E-state index is 0.168. The number of carbonyl (C=O) groups excluding carboxylic acids is 5. The van der Waals surface area contributed by atoms with E-state index < -0.39 is 29.9 Å². The zero-order chi connectivity index (χ0) is 20.7. The summed E-state index contributed by atoms with van der Waals surface area (Å²) in [6.07, 6.45) is 0.432. The van der Waals surface area contributed by atoms with Crippen molar-refractivity contribution < 1.29 is 28.7 Å². The van der Waals surface area contributed by atoms with Crippen molar-refractivity contribution in [1.82, 2.24) is 10.6 Å². The van der Waals surface area contributed by atoms with Gasteiger partial charge in [-0.3, -0.25) is 24.1 Å². The number of para-hydroxylation sites is 1. The number of anilines is 1. The first-order valence-electron chi connectivity index (χ1n) is 8.93. The van der Waals surface area contributed by atoms with Gasteiger partial charge < -0.3 is 20.2 Å². The maximum absolute atomic E-state index is 12.8. The van der Waals surface area contributed by atoms with Gasteiger partial charge in [0.15, 0.2) is 0 Å². The lowest BCUT2D eigenvalue weighted by Crippen LogP contribution is -2.53. The van der Waals surface area contributed by atoms with Gasteiger partial charge in [-0.15, -0.1) is 0 Å². The number of hydrogen-bond acceptors (Lipinski definition) is 6. The Hall–Kier alpha value is -3.23. The summed E-state index contributed by atoms with van der Waals surface area (Å²) >= 11 is 0. The molecule has 2 atom stereocenters. The molecule has 0 bridgehead atoms. The normalized spacial score (nSPS) is 15.9. The van der Waals surface area contributed by atoms with Crippen LogP contribution in [-0.2, 0) is 35.1 Å². The fraction of sp³-hybridized carbons (Fsp3) is 0.421. The highest BCUT2D eigenvalue weighted by Crippen LogP contribution is 2.32. The van der Waals surface area contributed by atoms with E-state index in [4.69, 9.17) is 4.74 Å². The Morgan fingerprint density at radius 2 is 2.00 bits per heavy atom. The number of rotatable bonds is 8. The molecule has 2 rings (SSSR count). The predicted molar refractivity (Wildman–Crippen MR) is 99.3 cm³/mol. The lowest BCUT2D eigenvalue weighted by molar-refractivity contribution is -0.144. The van der Waals surface area contributed by atoms with Crippen LogP contribution in [0.25, 0.3) is 0 Å². The number of fused-ring (bicyclic) bond motifs is 1. The molecule has 0 radical (unpaired) electrons. The lowest BCUT2D eigenvalue weighted by Gasteiger charge is -2.26. The van der Waals surface area contributed by atoms with Crippen LogP contribution in [0.2, 0.25) is 0 Å². The van der Waals surface area contributed by atoms with Gasteiger partial charge >= 0.3 is 5.97 Å². The monoisotopic (exact) mass is 389 g/mol. The third-order valence-electron chi connectivity index (χ3n) is 4.22. The maximum atomic E-state index is 12.8. The van der Waals surface area contributed by atoms with Gasteiger partial charge in [-0.1, -0.05) is 18.2 Å². The Morgan fingerprint density at radius 3 is 2.64 bits per heavy atom. The first-order chi connectivity index (χ1) is 13.4. The second-order valence-corrected chi connectivity index (χ2v) is 6.28. The fourth-order valence-electron chi connectivity index (χ4n) is 3.00. The number of carbonyl (C=O) groups is 5. The third-order valence-corrected chi connectivity index (χ3v) is 4.22. The Kier molecular flexibility index (Phi) is 7.25. The summed E-state index contributed by atoms with van der Waals surface area (Å²) < 4.78 is 4.79. The van der Waals surface area contributed by atoms with Crippen LogP contribution in [0.5, 0.6) is 0 Å². The summed E-state index contributed by atoms with van der Waals surface area (Å²) in [7, 11) is 0. The van der Waals surface area contributed by atoms with E-state index in [2.05, 4.69) is 10.6 Å². The van der Waals surface area contributed by atoms with E-state index >= 15 is 0 Å². The van der Waals surface area contributed by atoms with Gasteiger partial charge in [-0.25, -0.2) is 0 Å². The highest BCUT2D eigenvalue weighted by Gasteiger charge is 2.38. The van der Waals surface area contributed by atoms with E-state index in [1.165, 1.54) is 11.8 Å². The number of nitrogens with zero attached hydrogens (tertiary/aromatic N) is 1. The van der Waals surface area contributed by atoms with Crippen molar-refractivity contribution in [2.24, 2.45) is 0 Å². The zero-order valence-electron chi connectivity index (χ0n) is 15.8. The van der Waals surface area contributed by atoms with Gasteiger partial charge in [0.05, 0.1) is 25.6 Å². The fourth-order valence-corrected chi connectivity index (χ4v) is 3.00. The van der Waals surface area contributed by atoms with E-state index in [0.29, 0.717) is 12.0 Å². The van der Waals surface area contributed by atoms with Crippen molar-refractivity contribution in [1.29, 1.82) is 0 Å². The third kappa shape index (κ3) is 5.15. The number of ether oxygens (including phenoxy) is 1. The van der Waals surface area contributed by atoms with Crippen LogP contribution in [-0.4, -0.2) is 55.2 Å². The summed E-state index contributed by atoms with van der Waals surface area (Å²) in [6, 6.07) is 5.12. The molecule has 3 amide bonds. The van der Waals surface area contributed by atoms with Crippen LogP contribution in [0, 0.1) is 0 Å². The summed E-state index contributed by atoms with van der Waals surface area (Å²) in [4.78, 5) is 60.7. The van der Waals surface area contributed by atoms with E-state index in [1.54, 1.807) is 31.2 Å². The van der Waals surface area contributed by atoms with Crippen molar-refractivity contribution in [3.63, 3.8) is 0 Å². The topological polar surface area (TPSA) is 122 Å². The Bertz CT molecular complexity index is 779. The van der Waals surface area contributed by atoms with Crippen LogP contribution in [0.1, 0.15) is 25.8 Å². The molecule has 28 heavy (non-hydrogen) atoms. The smallest absolute Gasteiger partial charge is 0.308 e. The predicted octanol–water partition coefficient (Wildman–Crippen LogP) is -0.283. The molecule has 0 fully saturated rings. The summed E-state index contributed by atoms with van der Waals surface area (Å²) in [5.41, 5.74) is 1.37. The van der Waals surface area contributed by atoms with E-state index in [1.807, 2.05) is 0 Å². The number of hydrogen-bond donors (Lipinski definition) is 2. The lowest BCUT2D eigenvalue weighted by atomic mass is 10.1. The Labute approximate surface area is 162 Å². The SMILES string of the molecule is CCOC(=O)CC(C=O)NC(=O)[C@@H]1Cc2ccccc2N1C(=O)CNC(C)=O. The number of aldehydes is 1. The quantitative estimate of drug-likeness (QED) is 0.466. The first kappa shape index (κ1) is 21.1. The highest BCUT2D eigenvalue weighted by molar-refractivity contribution is 6.05. The molecule has 0 saturated heterocycles. The summed E-state index contributed by atoms with van der Waals surface area (Å²) in [6.45, 7) is 2.84. The van der Waals surface area contributed by atoms with Gasteiger partial charge in [-0.2, -0.15) is 0 Å². The van der Waals surface area contributed by atoms with E-state index in [-0.39, 0.29) is 31.9 Å². The summed E-state index contributed by atoms with van der Waals surface area (Å²) in [5.74, 6) is -1.98. The molecular formula is C19H23N3O6. The van der Waals surface area contributed by atoms with Crippen LogP contribution in [0.3, 0.4) is 0 Å². The second-order valence-electron chi connectivity index (χ2n) is 6.28. The number of amides is 3. The van der Waals surface area contributed by atoms with Crippen LogP contribution < -0.4 is 15.5 Å². The van der Waals surface area contributed by atoms with Gasteiger partial charge in [0.25, 0.3) is 0 Å². The number of benzene rings is 1. The van der Waals surface area contributed by atoms with Crippen molar-refractivity contribution in [3.8, 4) is 0 Å². The molecule has 1 aromatic rings. The molecule has 0 saturated carbocycles. The van der Waals surface area contributed by atoms with Crippen molar-refractivity contribution >= 4 is 35.7 Å². The molecule has 2 N–H and O–H groups in total. The van der Waals surface area contributed by atoms with Crippen LogP contribution >= 0.6 is 0 Å². The largest absolute Gasteiger partial charge is 0.466 e. The molecule has 9 heteroatoms. The van der Waals surface area contributed by atoms with Gasteiger partial charge in [0, 0.05) is 19.0 Å². The molecule has 9 nitrogen and oxygen atoms in total. The molecule has 1 heterocycles. The molecule has 1 unspecified atom stereocenters. The van der Waals surface area contributed by atoms with E-state index in [9.17, 15) is 24.0 Å². The molecule has 1 aromatic carbocycles. The van der Waals surface area contributed by atoms with Crippen LogP contribution in [0.4, 0.5) is 5.69 Å². The van der Waals surface area contributed by atoms with Crippen molar-refractivity contribution in [2.45, 2.75) is 38.8 Å². The first-order valence-corrected chi connectivity index (χ1v) is 8.93. The Morgan fingerprint density at radius 1 is 1.29 bits per heavy atom. The molecule has 0 spiro atoms. The molecule has 0 aliphatic carbocycles. The minimum atomic E-state index is -1.05. The maximum Gasteiger partial charge on any atom is 0.308 e. The van der Waals surface area contributed by atoms with Crippen LogP contribution in [0.15, 0.2) is 24.3 Å². The molecule has 150 valence electrons. The number of esters is 1. The van der Waals surface area contributed by atoms with E-state index in [0.717, 1.165) is 5.56 Å².